The van der Waals surface area contributed by atoms with Crippen LogP contribution >= 0.6 is 15.9 Å². The number of aromatic nitrogens is 4. The van der Waals surface area contributed by atoms with Gasteiger partial charge in [-0.25, -0.2) is 4.98 Å². The van der Waals surface area contributed by atoms with Gasteiger partial charge in [0.1, 0.15) is 11.9 Å². The van der Waals surface area contributed by atoms with E-state index in [1.165, 1.54) is 12.5 Å². The number of amides is 1. The number of hydrogen-bond donors (Lipinski definition) is 3. The molecule has 35 heavy (non-hydrogen) atoms. The van der Waals surface area contributed by atoms with Crippen molar-refractivity contribution in [2.45, 2.75) is 45.4 Å². The van der Waals surface area contributed by atoms with Crippen LogP contribution < -0.4 is 11.1 Å². The first-order valence-corrected chi connectivity index (χ1v) is 12.5. The van der Waals surface area contributed by atoms with Gasteiger partial charge in [-0.2, -0.15) is 9.61 Å². The number of likely N-dealkylation sites (tertiary alicyclic amines) is 1. The number of benzene rings is 1. The molecule has 182 valence electrons. The number of fused-ring (bicyclic) bond motifs is 2. The fraction of sp³-hybridized carbons (Fsp3) is 0.360. The van der Waals surface area contributed by atoms with Crippen LogP contribution in [0.25, 0.3) is 27.7 Å². The van der Waals surface area contributed by atoms with Crippen LogP contribution in [0.2, 0.25) is 0 Å². The summed E-state index contributed by atoms with van der Waals surface area (Å²) >= 11 is 3.60. The molecule has 1 atom stereocenters. The average molecular weight is 538 g/mol. The molecule has 9 nitrogen and oxygen atoms in total. The molecule has 1 aliphatic heterocycles. The fourth-order valence-corrected chi connectivity index (χ4v) is 4.97. The molecular weight excluding hydrogens is 510 g/mol. The number of aryl methyl sites for hydroxylation is 1. The number of halogens is 1. The molecule has 4 aromatic rings. The van der Waals surface area contributed by atoms with Gasteiger partial charge in [0.05, 0.1) is 21.9 Å². The zero-order valence-corrected chi connectivity index (χ0v) is 21.3. The summed E-state index contributed by atoms with van der Waals surface area (Å²) in [4.78, 5) is 23.3. The zero-order valence-electron chi connectivity index (χ0n) is 19.7. The molecule has 0 bridgehead atoms. The van der Waals surface area contributed by atoms with Gasteiger partial charge in [0, 0.05) is 48.4 Å². The maximum atomic E-state index is 12.0. The lowest BCUT2D eigenvalue weighted by Crippen LogP contribution is -2.47. The molecule has 4 N–H and O–H groups in total. The second kappa shape index (κ2) is 9.52. The molecule has 4 heterocycles. The lowest BCUT2D eigenvalue weighted by Gasteiger charge is -2.33. The quantitative estimate of drug-likeness (QED) is 0.357. The Morgan fingerprint density at radius 3 is 2.80 bits per heavy atom. The van der Waals surface area contributed by atoms with Gasteiger partial charge in [0.2, 0.25) is 0 Å². The van der Waals surface area contributed by atoms with Gasteiger partial charge in [0.25, 0.3) is 5.91 Å². The summed E-state index contributed by atoms with van der Waals surface area (Å²) in [5.41, 5.74) is 11.8. The van der Waals surface area contributed by atoms with E-state index in [0.29, 0.717) is 35.6 Å². The van der Waals surface area contributed by atoms with E-state index in [1.807, 2.05) is 12.3 Å². The number of anilines is 1. The minimum Gasteiger partial charge on any atom is -0.384 e. The Morgan fingerprint density at radius 2 is 2.06 bits per heavy atom. The lowest BCUT2D eigenvalue weighted by atomic mass is 10.0. The number of nitrogens with zero attached hydrogens (tertiary/aromatic N) is 5. The van der Waals surface area contributed by atoms with Crippen molar-refractivity contribution in [3.05, 3.63) is 52.4 Å². The van der Waals surface area contributed by atoms with E-state index in [0.717, 1.165) is 40.6 Å². The smallest absolute Gasteiger partial charge is 0.251 e. The van der Waals surface area contributed by atoms with Crippen LogP contribution in [0, 0.1) is 6.92 Å². The van der Waals surface area contributed by atoms with Crippen molar-refractivity contribution in [3.63, 3.8) is 0 Å². The van der Waals surface area contributed by atoms with Crippen LogP contribution in [0.3, 0.4) is 0 Å². The number of hydrogen-bond acceptors (Lipinski definition) is 7. The van der Waals surface area contributed by atoms with Crippen molar-refractivity contribution in [3.8, 4) is 11.1 Å². The number of nitrogens with two attached hydrogens (primary N) is 1. The molecule has 1 fully saturated rings. The average Bonchev–Trinajstić information content (AvgIpc) is 3.28. The van der Waals surface area contributed by atoms with Crippen LogP contribution in [-0.2, 0) is 11.3 Å². The number of carbonyl (C=O) groups is 1. The number of carbonyl (C=O) groups excluding carboxylic acids is 1. The van der Waals surface area contributed by atoms with Crippen molar-refractivity contribution in [1.82, 2.24) is 29.8 Å². The Kier molecular flexibility index (Phi) is 6.43. The van der Waals surface area contributed by atoms with Gasteiger partial charge < -0.3 is 21.1 Å². The van der Waals surface area contributed by atoms with Crippen molar-refractivity contribution in [2.75, 3.05) is 18.8 Å². The molecule has 5 rings (SSSR count). The summed E-state index contributed by atoms with van der Waals surface area (Å²) in [6, 6.07) is 8.54. The number of nitrogen functional groups attached to an aromatic ring is 1. The Bertz CT molecular complexity index is 1410. The molecule has 1 saturated heterocycles. The highest BCUT2D eigenvalue weighted by atomic mass is 79.9. The van der Waals surface area contributed by atoms with E-state index < -0.39 is 6.10 Å². The number of rotatable bonds is 5. The second-order valence-electron chi connectivity index (χ2n) is 9.13. The van der Waals surface area contributed by atoms with E-state index in [4.69, 9.17) is 10.7 Å². The standard InChI is InChI=1S/C25H28BrN7O2/c1-14-3-4-20-16(9-14)10-17(11-29-20)19-12-30-33-23(27)22(26)21(31-24(19)33)13-28-18-5-7-32(8-6-18)25(35)15(2)34/h3-4,9-12,15,18,28,34H,5-8,13,27H2,1-2H3/t15-/m0/s1. The van der Waals surface area contributed by atoms with Crippen LogP contribution in [0.4, 0.5) is 5.82 Å². The number of aliphatic hydroxyl groups excluding tert-OH is 1. The van der Waals surface area contributed by atoms with E-state index >= 15 is 0 Å². The van der Waals surface area contributed by atoms with Crippen LogP contribution in [-0.4, -0.2) is 60.7 Å². The van der Waals surface area contributed by atoms with Crippen molar-refractivity contribution in [1.29, 1.82) is 0 Å². The number of aliphatic hydroxyl groups is 1. The first-order valence-electron chi connectivity index (χ1n) is 11.7. The van der Waals surface area contributed by atoms with Crippen LogP contribution in [0.5, 0.6) is 0 Å². The summed E-state index contributed by atoms with van der Waals surface area (Å²) in [6.07, 6.45) is 4.29. The van der Waals surface area contributed by atoms with Crippen LogP contribution in [0.1, 0.15) is 31.0 Å². The third kappa shape index (κ3) is 4.61. The van der Waals surface area contributed by atoms with Crippen LogP contribution in [0.15, 0.2) is 41.1 Å². The van der Waals surface area contributed by atoms with E-state index in [1.54, 1.807) is 15.6 Å². The third-order valence-electron chi connectivity index (χ3n) is 6.56. The Balaban J connectivity index is 1.38. The first-order chi connectivity index (χ1) is 16.8. The normalized spacial score (nSPS) is 15.7. The molecule has 3 aromatic heterocycles. The largest absolute Gasteiger partial charge is 0.384 e. The number of piperidine rings is 1. The van der Waals surface area contributed by atoms with Gasteiger partial charge >= 0.3 is 0 Å². The topological polar surface area (TPSA) is 122 Å². The molecule has 0 radical (unpaired) electrons. The summed E-state index contributed by atoms with van der Waals surface area (Å²) < 4.78 is 2.35. The van der Waals surface area contributed by atoms with Gasteiger partial charge in [-0.15, -0.1) is 0 Å². The summed E-state index contributed by atoms with van der Waals surface area (Å²) in [5, 5.41) is 18.6. The maximum Gasteiger partial charge on any atom is 0.251 e. The highest BCUT2D eigenvalue weighted by molar-refractivity contribution is 9.10. The SMILES string of the molecule is Cc1ccc2ncc(-c3cnn4c(N)c(Br)c(CNC5CCN(C(=O)[C@H](C)O)CC5)nc34)cc2c1. The van der Waals surface area contributed by atoms with Crippen molar-refractivity contribution < 1.29 is 9.90 Å². The zero-order chi connectivity index (χ0) is 24.7. The van der Waals surface area contributed by atoms with Gasteiger partial charge in [-0.05, 0) is 60.8 Å². The highest BCUT2D eigenvalue weighted by Gasteiger charge is 2.25. The summed E-state index contributed by atoms with van der Waals surface area (Å²) in [5.74, 6) is 0.276. The van der Waals surface area contributed by atoms with Crippen molar-refractivity contribution in [2.24, 2.45) is 0 Å². The molecule has 1 aliphatic rings. The number of pyridine rings is 1. The van der Waals surface area contributed by atoms with Gasteiger partial charge in [0.15, 0.2) is 5.65 Å². The van der Waals surface area contributed by atoms with E-state index in [2.05, 4.69) is 56.5 Å². The predicted octanol–water partition coefficient (Wildman–Crippen LogP) is 3.06. The Labute approximate surface area is 211 Å². The first kappa shape index (κ1) is 23.7. The minimum absolute atomic E-state index is 0.210. The Hall–Kier alpha value is -3.08. The number of nitrogens with one attached hydrogen (secondary N) is 1. The fourth-order valence-electron chi connectivity index (χ4n) is 4.57. The second-order valence-corrected chi connectivity index (χ2v) is 9.92. The summed E-state index contributed by atoms with van der Waals surface area (Å²) in [7, 11) is 0. The molecule has 1 amide bonds. The molecular formula is C25H28BrN7O2. The molecule has 1 aromatic carbocycles. The maximum absolute atomic E-state index is 12.0. The van der Waals surface area contributed by atoms with Gasteiger partial charge in [-0.3, -0.25) is 9.78 Å². The molecule has 0 spiro atoms. The van der Waals surface area contributed by atoms with Crippen molar-refractivity contribution >= 4 is 44.2 Å². The van der Waals surface area contributed by atoms with Gasteiger partial charge in [-0.1, -0.05) is 11.6 Å². The lowest BCUT2D eigenvalue weighted by molar-refractivity contribution is -0.140. The van der Waals surface area contributed by atoms with E-state index in [-0.39, 0.29) is 11.9 Å². The monoisotopic (exact) mass is 537 g/mol. The van der Waals surface area contributed by atoms with E-state index in [9.17, 15) is 9.90 Å². The Morgan fingerprint density at radius 1 is 1.29 bits per heavy atom. The molecule has 0 aliphatic carbocycles. The minimum atomic E-state index is -0.957. The summed E-state index contributed by atoms with van der Waals surface area (Å²) in [6.45, 7) is 5.35. The highest BCUT2D eigenvalue weighted by Crippen LogP contribution is 2.31. The predicted molar refractivity (Wildman–Crippen MR) is 139 cm³/mol. The third-order valence-corrected chi connectivity index (χ3v) is 7.43. The molecule has 10 heteroatoms. The molecule has 0 unspecified atom stereocenters. The molecule has 0 saturated carbocycles.